The van der Waals surface area contributed by atoms with Crippen molar-refractivity contribution in [3.05, 3.63) is 29.5 Å². The van der Waals surface area contributed by atoms with Crippen LogP contribution in [0.5, 0.6) is 17.2 Å². The number of hydrogen-bond acceptors (Lipinski definition) is 5. The molecule has 3 heterocycles. The second-order valence-electron chi connectivity index (χ2n) is 5.62. The highest BCUT2D eigenvalue weighted by molar-refractivity contribution is 5.94. The largest absolute Gasteiger partial charge is 0.493 e. The number of carbonyl (C=O) groups is 1. The molecule has 0 spiro atoms. The van der Waals surface area contributed by atoms with E-state index in [0.29, 0.717) is 36.9 Å². The highest BCUT2D eigenvalue weighted by Crippen LogP contribution is 2.45. The van der Waals surface area contributed by atoms with Gasteiger partial charge in [-0.05, 0) is 17.7 Å². The third kappa shape index (κ3) is 2.19. The number of benzene rings is 1. The number of aryl methyl sites for hydroxylation is 1. The average molecular weight is 315 g/mol. The van der Waals surface area contributed by atoms with Crippen molar-refractivity contribution in [2.24, 2.45) is 7.05 Å². The van der Waals surface area contributed by atoms with Crippen molar-refractivity contribution in [3.63, 3.8) is 0 Å². The predicted molar refractivity (Wildman–Crippen MR) is 82.3 cm³/mol. The fourth-order valence-electron chi connectivity index (χ4n) is 3.13. The first-order valence-corrected chi connectivity index (χ1v) is 7.46. The van der Waals surface area contributed by atoms with Gasteiger partial charge in [-0.1, -0.05) is 0 Å². The van der Waals surface area contributed by atoms with Gasteiger partial charge < -0.3 is 19.5 Å². The first-order valence-electron chi connectivity index (χ1n) is 7.46. The summed E-state index contributed by atoms with van der Waals surface area (Å²) in [6, 6.07) is 3.84. The molecule has 0 bridgehead atoms. The van der Waals surface area contributed by atoms with Gasteiger partial charge in [-0.2, -0.15) is 5.10 Å². The molecule has 2 aliphatic rings. The summed E-state index contributed by atoms with van der Waals surface area (Å²) in [5.74, 6) is 2.52. The second kappa shape index (κ2) is 5.19. The van der Waals surface area contributed by atoms with Gasteiger partial charge in [-0.15, -0.1) is 0 Å². The lowest BCUT2D eigenvalue weighted by Crippen LogP contribution is -2.24. The number of nitrogens with zero attached hydrogens (tertiary/aromatic N) is 2. The van der Waals surface area contributed by atoms with Crippen molar-refractivity contribution >= 4 is 11.7 Å². The molecule has 2 aliphatic heterocycles. The molecular weight excluding hydrogens is 298 g/mol. The normalized spacial score (nSPS) is 19.0. The number of carbonyl (C=O) groups excluding carboxylic acids is 1. The van der Waals surface area contributed by atoms with Gasteiger partial charge in [0.25, 0.3) is 0 Å². The third-order valence-corrected chi connectivity index (χ3v) is 4.24. The number of hydrogen-bond donors (Lipinski definition) is 1. The van der Waals surface area contributed by atoms with Gasteiger partial charge in [-0.25, -0.2) is 0 Å². The van der Waals surface area contributed by atoms with E-state index in [0.717, 1.165) is 16.9 Å². The lowest BCUT2D eigenvalue weighted by molar-refractivity contribution is -0.116. The molecule has 2 aromatic rings. The summed E-state index contributed by atoms with van der Waals surface area (Å²) in [6.45, 7) is 1.00. The van der Waals surface area contributed by atoms with Crippen LogP contribution in [0.15, 0.2) is 18.3 Å². The van der Waals surface area contributed by atoms with Crippen molar-refractivity contribution in [1.29, 1.82) is 0 Å². The van der Waals surface area contributed by atoms with Crippen LogP contribution in [0.4, 0.5) is 5.82 Å². The van der Waals surface area contributed by atoms with Crippen molar-refractivity contribution < 1.29 is 19.0 Å². The standard InChI is InChI=1S/C16H17N3O4/c1-19-16-11(8-17-19)10(7-14(20)18-16)9-5-12(21-2)15-13(6-9)22-3-4-23-15/h5-6,8,10H,3-4,7H2,1-2H3,(H,18,20). The van der Waals surface area contributed by atoms with E-state index in [1.54, 1.807) is 18.0 Å². The molecule has 7 nitrogen and oxygen atoms in total. The minimum Gasteiger partial charge on any atom is -0.493 e. The Morgan fingerprint density at radius 1 is 1.35 bits per heavy atom. The molecule has 1 atom stereocenters. The number of methoxy groups -OCH3 is 1. The van der Waals surface area contributed by atoms with Crippen LogP contribution < -0.4 is 19.5 Å². The molecule has 1 unspecified atom stereocenters. The van der Waals surface area contributed by atoms with Gasteiger partial charge in [0.15, 0.2) is 11.5 Å². The molecule has 1 amide bonds. The molecule has 1 aromatic heterocycles. The number of fused-ring (bicyclic) bond motifs is 2. The molecule has 0 saturated carbocycles. The number of rotatable bonds is 2. The lowest BCUT2D eigenvalue weighted by atomic mass is 9.87. The Morgan fingerprint density at radius 2 is 2.17 bits per heavy atom. The maximum absolute atomic E-state index is 12.1. The van der Waals surface area contributed by atoms with Gasteiger partial charge in [0, 0.05) is 24.9 Å². The summed E-state index contributed by atoms with van der Waals surface area (Å²) >= 11 is 0. The molecule has 1 aromatic carbocycles. The van der Waals surface area contributed by atoms with Gasteiger partial charge >= 0.3 is 0 Å². The fraction of sp³-hybridized carbons (Fsp3) is 0.375. The van der Waals surface area contributed by atoms with Gasteiger partial charge in [0.2, 0.25) is 11.7 Å². The number of ether oxygens (including phenoxy) is 3. The highest BCUT2D eigenvalue weighted by atomic mass is 16.6. The van der Waals surface area contributed by atoms with Gasteiger partial charge in [0.05, 0.1) is 13.3 Å². The molecule has 4 rings (SSSR count). The van der Waals surface area contributed by atoms with Crippen LogP contribution in [0.25, 0.3) is 0 Å². The zero-order valence-electron chi connectivity index (χ0n) is 13.0. The summed E-state index contributed by atoms with van der Waals surface area (Å²) in [7, 11) is 3.41. The van der Waals surface area contributed by atoms with Crippen LogP contribution in [0, 0.1) is 0 Å². The van der Waals surface area contributed by atoms with Gasteiger partial charge in [0.1, 0.15) is 19.0 Å². The maximum Gasteiger partial charge on any atom is 0.226 e. The van der Waals surface area contributed by atoms with Crippen LogP contribution >= 0.6 is 0 Å². The van der Waals surface area contributed by atoms with E-state index < -0.39 is 0 Å². The van der Waals surface area contributed by atoms with E-state index in [9.17, 15) is 4.79 Å². The maximum atomic E-state index is 12.1. The Labute approximate surface area is 133 Å². The summed E-state index contributed by atoms with van der Waals surface area (Å²) in [5.41, 5.74) is 1.95. The lowest BCUT2D eigenvalue weighted by Gasteiger charge is -2.26. The van der Waals surface area contributed by atoms with Crippen LogP contribution in [-0.2, 0) is 11.8 Å². The number of anilines is 1. The van der Waals surface area contributed by atoms with E-state index in [2.05, 4.69) is 10.4 Å². The van der Waals surface area contributed by atoms with E-state index in [1.165, 1.54) is 0 Å². The molecule has 0 aliphatic carbocycles. The minimum atomic E-state index is -0.0859. The molecule has 0 radical (unpaired) electrons. The quantitative estimate of drug-likeness (QED) is 0.912. The van der Waals surface area contributed by atoms with Crippen LogP contribution in [0.1, 0.15) is 23.5 Å². The Morgan fingerprint density at radius 3 is 3.00 bits per heavy atom. The molecular formula is C16H17N3O4. The highest BCUT2D eigenvalue weighted by Gasteiger charge is 2.31. The van der Waals surface area contributed by atoms with Crippen molar-refractivity contribution in [1.82, 2.24) is 9.78 Å². The summed E-state index contributed by atoms with van der Waals surface area (Å²) < 4.78 is 18.4. The van der Waals surface area contributed by atoms with Crippen LogP contribution in [-0.4, -0.2) is 36.0 Å². The molecule has 0 fully saturated rings. The average Bonchev–Trinajstić information content (AvgIpc) is 2.94. The molecule has 7 heteroatoms. The topological polar surface area (TPSA) is 74.6 Å². The first-order chi connectivity index (χ1) is 11.2. The summed E-state index contributed by atoms with van der Waals surface area (Å²) in [5, 5.41) is 7.13. The van der Waals surface area contributed by atoms with Crippen LogP contribution in [0.3, 0.4) is 0 Å². The molecule has 120 valence electrons. The zero-order chi connectivity index (χ0) is 16.0. The summed E-state index contributed by atoms with van der Waals surface area (Å²) in [6.07, 6.45) is 2.16. The Bertz CT molecular complexity index is 767. The van der Waals surface area contributed by atoms with Crippen molar-refractivity contribution in [3.8, 4) is 17.2 Å². The van der Waals surface area contributed by atoms with E-state index in [1.807, 2.05) is 19.2 Å². The monoisotopic (exact) mass is 315 g/mol. The van der Waals surface area contributed by atoms with Crippen molar-refractivity contribution in [2.75, 3.05) is 25.6 Å². The third-order valence-electron chi connectivity index (χ3n) is 4.24. The van der Waals surface area contributed by atoms with E-state index in [-0.39, 0.29) is 11.8 Å². The number of nitrogens with one attached hydrogen (secondary N) is 1. The molecule has 1 N–H and O–H groups in total. The zero-order valence-corrected chi connectivity index (χ0v) is 13.0. The number of aromatic nitrogens is 2. The molecule has 23 heavy (non-hydrogen) atoms. The predicted octanol–water partition coefficient (Wildman–Crippen LogP) is 1.67. The Balaban J connectivity index is 1.83. The van der Waals surface area contributed by atoms with Crippen LogP contribution in [0.2, 0.25) is 0 Å². The smallest absolute Gasteiger partial charge is 0.226 e. The fourth-order valence-corrected chi connectivity index (χ4v) is 3.13. The molecule has 0 saturated heterocycles. The summed E-state index contributed by atoms with van der Waals surface area (Å²) in [4.78, 5) is 12.1. The Hall–Kier alpha value is -2.70. The van der Waals surface area contributed by atoms with E-state index >= 15 is 0 Å². The minimum absolute atomic E-state index is 0.0278. The second-order valence-corrected chi connectivity index (χ2v) is 5.62. The number of amides is 1. The first kappa shape index (κ1) is 13.9. The van der Waals surface area contributed by atoms with Gasteiger partial charge in [-0.3, -0.25) is 9.48 Å². The SMILES string of the molecule is COc1cc(C2CC(=O)Nc3c2cnn3C)cc2c1OCCO2. The Kier molecular flexibility index (Phi) is 3.14. The van der Waals surface area contributed by atoms with Crippen molar-refractivity contribution in [2.45, 2.75) is 12.3 Å². The van der Waals surface area contributed by atoms with E-state index in [4.69, 9.17) is 14.2 Å².